The number of amides is 1. The lowest BCUT2D eigenvalue weighted by molar-refractivity contribution is -0.122. The molecule has 30 heavy (non-hydrogen) atoms. The van der Waals surface area contributed by atoms with Gasteiger partial charge in [-0.15, -0.1) is 0 Å². The average Bonchev–Trinajstić information content (AvgIpc) is 3.12. The fraction of sp³-hybridized carbons (Fsp3) is 0.200. The van der Waals surface area contributed by atoms with E-state index in [9.17, 15) is 4.79 Å². The molecule has 0 spiro atoms. The molecule has 1 aliphatic carbocycles. The molecule has 0 radical (unpaired) electrons. The second-order valence-electron chi connectivity index (χ2n) is 7.74. The van der Waals surface area contributed by atoms with Gasteiger partial charge in [0, 0.05) is 16.0 Å². The molecule has 5 rings (SSSR count). The van der Waals surface area contributed by atoms with E-state index in [1.54, 1.807) is 4.68 Å². The predicted molar refractivity (Wildman–Crippen MR) is 120 cm³/mol. The Morgan fingerprint density at radius 1 is 1.07 bits per heavy atom. The number of carbonyl (C=O) groups excluding carboxylic acids is 1. The number of rotatable bonds is 4. The maximum atomic E-state index is 12.9. The Bertz CT molecular complexity index is 1220. The van der Waals surface area contributed by atoms with Gasteiger partial charge in [-0.25, -0.2) is 0 Å². The normalized spacial score (nSPS) is 15.7. The summed E-state index contributed by atoms with van der Waals surface area (Å²) >= 11 is 6.25. The van der Waals surface area contributed by atoms with Gasteiger partial charge in [-0.05, 0) is 48.6 Å². The van der Waals surface area contributed by atoms with Crippen molar-refractivity contribution in [2.24, 2.45) is 0 Å². The van der Waals surface area contributed by atoms with Crippen LogP contribution in [0.3, 0.4) is 0 Å². The van der Waals surface area contributed by atoms with Crippen LogP contribution in [0.2, 0.25) is 5.02 Å². The first-order valence-corrected chi connectivity index (χ1v) is 10.7. The molecule has 0 saturated carbocycles. The molecule has 0 unspecified atom stereocenters. The largest absolute Gasteiger partial charge is 0.348 e. The van der Waals surface area contributed by atoms with Gasteiger partial charge in [-0.2, -0.15) is 5.10 Å². The van der Waals surface area contributed by atoms with E-state index in [0.717, 1.165) is 41.4 Å². The first-order chi connectivity index (χ1) is 14.7. The molecule has 4 aromatic rings. The minimum Gasteiger partial charge on any atom is -0.348 e. The van der Waals surface area contributed by atoms with Gasteiger partial charge in [0.05, 0.1) is 11.6 Å². The quantitative estimate of drug-likeness (QED) is 0.475. The molecule has 0 saturated heterocycles. The molecule has 5 heteroatoms. The zero-order valence-corrected chi connectivity index (χ0v) is 17.3. The zero-order valence-electron chi connectivity index (χ0n) is 16.5. The smallest absolute Gasteiger partial charge is 0.242 e. The fourth-order valence-electron chi connectivity index (χ4n) is 4.36. The molecule has 1 amide bonds. The number of carbonyl (C=O) groups is 1. The average molecular weight is 416 g/mol. The van der Waals surface area contributed by atoms with Gasteiger partial charge in [0.25, 0.3) is 0 Å². The summed E-state index contributed by atoms with van der Waals surface area (Å²) in [6, 6.07) is 24.1. The van der Waals surface area contributed by atoms with E-state index in [-0.39, 0.29) is 18.5 Å². The summed E-state index contributed by atoms with van der Waals surface area (Å²) in [5, 5.41) is 9.60. The first-order valence-electron chi connectivity index (χ1n) is 10.3. The molecular formula is C25H22ClN3O. The standard InChI is InChI=1S/C25H22ClN3O/c26-19-13-14-23-21(15-19)25(18-8-2-1-3-9-18)28-29(23)16-24(30)27-22-12-6-10-17-7-4-5-11-20(17)22/h1-5,7-9,11,13-15,22H,6,10,12,16H2,(H,27,30)/t22-/m1/s1. The summed E-state index contributed by atoms with van der Waals surface area (Å²) in [5.41, 5.74) is 5.31. The number of hydrogen-bond donors (Lipinski definition) is 1. The lowest BCUT2D eigenvalue weighted by Crippen LogP contribution is -2.33. The van der Waals surface area contributed by atoms with E-state index in [1.165, 1.54) is 11.1 Å². The first kappa shape index (κ1) is 18.9. The van der Waals surface area contributed by atoms with Crippen LogP contribution in [0.15, 0.2) is 72.8 Å². The molecular weight excluding hydrogens is 394 g/mol. The van der Waals surface area contributed by atoms with Gasteiger partial charge in [-0.3, -0.25) is 9.48 Å². The van der Waals surface area contributed by atoms with Crippen molar-refractivity contribution in [2.45, 2.75) is 31.8 Å². The Balaban J connectivity index is 1.44. The van der Waals surface area contributed by atoms with Crippen LogP contribution in [0.1, 0.15) is 30.0 Å². The topological polar surface area (TPSA) is 46.9 Å². The Morgan fingerprint density at radius 3 is 2.73 bits per heavy atom. The third-order valence-electron chi connectivity index (χ3n) is 5.76. The molecule has 3 aromatic carbocycles. The van der Waals surface area contributed by atoms with Gasteiger partial charge in [0.1, 0.15) is 12.2 Å². The molecule has 4 nitrogen and oxygen atoms in total. The van der Waals surface area contributed by atoms with Crippen molar-refractivity contribution >= 4 is 28.4 Å². The predicted octanol–water partition coefficient (Wildman–Crippen LogP) is 5.55. The van der Waals surface area contributed by atoms with E-state index in [1.807, 2.05) is 54.6 Å². The van der Waals surface area contributed by atoms with E-state index in [4.69, 9.17) is 16.7 Å². The number of aromatic nitrogens is 2. The molecule has 1 N–H and O–H groups in total. The van der Waals surface area contributed by atoms with Crippen molar-refractivity contribution < 1.29 is 4.79 Å². The van der Waals surface area contributed by atoms with E-state index < -0.39 is 0 Å². The maximum absolute atomic E-state index is 12.9. The van der Waals surface area contributed by atoms with Crippen LogP contribution in [-0.2, 0) is 17.8 Å². The summed E-state index contributed by atoms with van der Waals surface area (Å²) in [6.07, 6.45) is 3.13. The summed E-state index contributed by atoms with van der Waals surface area (Å²) in [6.45, 7) is 0.170. The van der Waals surface area contributed by atoms with Gasteiger partial charge in [0.2, 0.25) is 5.91 Å². The number of hydrogen-bond acceptors (Lipinski definition) is 2. The van der Waals surface area contributed by atoms with Crippen molar-refractivity contribution in [2.75, 3.05) is 0 Å². The molecule has 0 bridgehead atoms. The van der Waals surface area contributed by atoms with E-state index in [0.29, 0.717) is 5.02 Å². The Labute approximate surface area is 180 Å². The summed E-state index contributed by atoms with van der Waals surface area (Å²) in [5.74, 6) is -0.0318. The van der Waals surface area contributed by atoms with Crippen LogP contribution >= 0.6 is 11.6 Å². The van der Waals surface area contributed by atoms with Crippen molar-refractivity contribution in [1.82, 2.24) is 15.1 Å². The molecule has 0 fully saturated rings. The van der Waals surface area contributed by atoms with Gasteiger partial charge >= 0.3 is 0 Å². The minimum absolute atomic E-state index is 0.0318. The molecule has 1 aliphatic rings. The van der Waals surface area contributed by atoms with Crippen LogP contribution in [0.25, 0.3) is 22.2 Å². The summed E-state index contributed by atoms with van der Waals surface area (Å²) in [7, 11) is 0. The van der Waals surface area contributed by atoms with Crippen molar-refractivity contribution in [3.63, 3.8) is 0 Å². The summed E-state index contributed by atoms with van der Waals surface area (Å²) < 4.78 is 1.78. The second-order valence-corrected chi connectivity index (χ2v) is 8.18. The van der Waals surface area contributed by atoms with Crippen LogP contribution in [-0.4, -0.2) is 15.7 Å². The third-order valence-corrected chi connectivity index (χ3v) is 5.99. The van der Waals surface area contributed by atoms with Gasteiger partial charge < -0.3 is 5.32 Å². The second kappa shape index (κ2) is 7.96. The lowest BCUT2D eigenvalue weighted by Gasteiger charge is -2.26. The van der Waals surface area contributed by atoms with Crippen molar-refractivity contribution in [3.05, 3.63) is 88.9 Å². The number of nitrogens with zero attached hydrogens (tertiary/aromatic N) is 2. The highest BCUT2D eigenvalue weighted by molar-refractivity contribution is 6.31. The fourth-order valence-corrected chi connectivity index (χ4v) is 4.53. The Morgan fingerprint density at radius 2 is 1.87 bits per heavy atom. The lowest BCUT2D eigenvalue weighted by atomic mass is 9.88. The van der Waals surface area contributed by atoms with Gasteiger partial charge in [0.15, 0.2) is 0 Å². The Hall–Kier alpha value is -3.11. The number of nitrogens with one attached hydrogen (secondary N) is 1. The highest BCUT2D eigenvalue weighted by Gasteiger charge is 2.22. The highest BCUT2D eigenvalue weighted by atomic mass is 35.5. The van der Waals surface area contributed by atoms with E-state index >= 15 is 0 Å². The molecule has 1 heterocycles. The number of fused-ring (bicyclic) bond motifs is 2. The zero-order chi connectivity index (χ0) is 20.5. The maximum Gasteiger partial charge on any atom is 0.242 e. The number of halogens is 1. The van der Waals surface area contributed by atoms with E-state index in [2.05, 4.69) is 23.5 Å². The van der Waals surface area contributed by atoms with Crippen molar-refractivity contribution in [1.29, 1.82) is 0 Å². The third kappa shape index (κ3) is 3.59. The van der Waals surface area contributed by atoms with Gasteiger partial charge in [-0.1, -0.05) is 66.2 Å². The summed E-state index contributed by atoms with van der Waals surface area (Å²) in [4.78, 5) is 12.9. The molecule has 1 atom stereocenters. The van der Waals surface area contributed by atoms with Crippen LogP contribution in [0, 0.1) is 0 Å². The van der Waals surface area contributed by atoms with Crippen LogP contribution in [0.5, 0.6) is 0 Å². The van der Waals surface area contributed by atoms with Crippen molar-refractivity contribution in [3.8, 4) is 11.3 Å². The molecule has 1 aromatic heterocycles. The minimum atomic E-state index is -0.0318. The number of benzene rings is 3. The van der Waals surface area contributed by atoms with Crippen LogP contribution in [0.4, 0.5) is 0 Å². The molecule has 0 aliphatic heterocycles. The monoisotopic (exact) mass is 415 g/mol. The molecule has 150 valence electrons. The number of aryl methyl sites for hydroxylation is 1. The van der Waals surface area contributed by atoms with Crippen LogP contribution < -0.4 is 5.32 Å². The Kier molecular flexibility index (Phi) is 5.01. The SMILES string of the molecule is O=C(Cn1nc(-c2ccccc2)c2cc(Cl)ccc21)N[C@@H]1CCCc2ccccc21. The highest BCUT2D eigenvalue weighted by Crippen LogP contribution is 2.31.